The van der Waals surface area contributed by atoms with Crippen LogP contribution in [-0.2, 0) is 6.42 Å². The third-order valence-corrected chi connectivity index (χ3v) is 3.12. The minimum Gasteiger partial charge on any atom is -0.464 e. The van der Waals surface area contributed by atoms with Crippen LogP contribution in [-0.4, -0.2) is 6.54 Å². The molecule has 0 aliphatic rings. The summed E-state index contributed by atoms with van der Waals surface area (Å²) in [6.45, 7) is 5.08. The maximum atomic E-state index is 13.0. The summed E-state index contributed by atoms with van der Waals surface area (Å²) in [5.74, 6) is 1.64. The molecule has 19 heavy (non-hydrogen) atoms. The number of nitrogens with one attached hydrogen (secondary N) is 1. The van der Waals surface area contributed by atoms with Crippen molar-refractivity contribution in [2.24, 2.45) is 0 Å². The predicted molar refractivity (Wildman–Crippen MR) is 74.6 cm³/mol. The molecule has 1 unspecified atom stereocenters. The summed E-state index contributed by atoms with van der Waals surface area (Å²) in [7, 11) is 0. The first kappa shape index (κ1) is 13.8. The van der Waals surface area contributed by atoms with Gasteiger partial charge in [0, 0.05) is 6.42 Å². The van der Waals surface area contributed by atoms with Crippen LogP contribution in [0.1, 0.15) is 43.4 Å². The van der Waals surface area contributed by atoms with E-state index in [1.807, 2.05) is 12.1 Å². The normalized spacial score (nSPS) is 12.6. The standard InChI is InChI=1S/C16H20FNO/c1-3-11-18-16(12-5-7-13(17)8-6-12)15-10-9-14(4-2)19-15/h5-10,16,18H,3-4,11H2,1-2H3. The van der Waals surface area contributed by atoms with Crippen molar-refractivity contribution < 1.29 is 8.81 Å². The first-order chi connectivity index (χ1) is 9.24. The van der Waals surface area contributed by atoms with Gasteiger partial charge in [-0.15, -0.1) is 0 Å². The van der Waals surface area contributed by atoms with E-state index in [0.29, 0.717) is 0 Å². The smallest absolute Gasteiger partial charge is 0.125 e. The molecule has 0 fully saturated rings. The van der Waals surface area contributed by atoms with Gasteiger partial charge in [0.1, 0.15) is 17.3 Å². The van der Waals surface area contributed by atoms with E-state index in [9.17, 15) is 4.39 Å². The van der Waals surface area contributed by atoms with E-state index in [1.165, 1.54) is 12.1 Å². The van der Waals surface area contributed by atoms with E-state index in [2.05, 4.69) is 19.2 Å². The Morgan fingerprint density at radius 1 is 1.11 bits per heavy atom. The molecule has 1 heterocycles. The molecule has 0 bridgehead atoms. The van der Waals surface area contributed by atoms with Crippen LogP contribution in [0.25, 0.3) is 0 Å². The number of aryl methyl sites for hydroxylation is 1. The molecule has 0 aliphatic heterocycles. The summed E-state index contributed by atoms with van der Waals surface area (Å²) in [5, 5.41) is 3.44. The van der Waals surface area contributed by atoms with Gasteiger partial charge in [0.25, 0.3) is 0 Å². The Kier molecular flexibility index (Phi) is 4.74. The zero-order chi connectivity index (χ0) is 13.7. The molecule has 0 amide bonds. The van der Waals surface area contributed by atoms with E-state index in [1.54, 1.807) is 12.1 Å². The highest BCUT2D eigenvalue weighted by Crippen LogP contribution is 2.24. The molecular formula is C16H20FNO. The number of benzene rings is 1. The Bertz CT molecular complexity index is 504. The van der Waals surface area contributed by atoms with E-state index in [0.717, 1.165) is 36.5 Å². The van der Waals surface area contributed by atoms with Gasteiger partial charge in [0.05, 0.1) is 6.04 Å². The topological polar surface area (TPSA) is 25.2 Å². The Balaban J connectivity index is 2.26. The largest absolute Gasteiger partial charge is 0.464 e. The molecule has 0 aliphatic carbocycles. The molecule has 0 spiro atoms. The number of halogens is 1. The van der Waals surface area contributed by atoms with Crippen LogP contribution in [0.3, 0.4) is 0 Å². The average molecular weight is 261 g/mol. The van der Waals surface area contributed by atoms with Crippen LogP contribution < -0.4 is 5.32 Å². The van der Waals surface area contributed by atoms with Crippen molar-refractivity contribution in [3.63, 3.8) is 0 Å². The average Bonchev–Trinajstić information content (AvgIpc) is 2.90. The van der Waals surface area contributed by atoms with Gasteiger partial charge in [-0.2, -0.15) is 0 Å². The van der Waals surface area contributed by atoms with Gasteiger partial charge in [0.2, 0.25) is 0 Å². The Morgan fingerprint density at radius 2 is 1.84 bits per heavy atom. The lowest BCUT2D eigenvalue weighted by molar-refractivity contribution is 0.421. The van der Waals surface area contributed by atoms with E-state index >= 15 is 0 Å². The summed E-state index contributed by atoms with van der Waals surface area (Å²) >= 11 is 0. The van der Waals surface area contributed by atoms with Crippen molar-refractivity contribution in [3.05, 3.63) is 59.3 Å². The molecule has 2 nitrogen and oxygen atoms in total. The molecule has 0 saturated heterocycles. The SMILES string of the molecule is CCCNC(c1ccc(F)cc1)c1ccc(CC)o1. The van der Waals surface area contributed by atoms with Crippen molar-refractivity contribution in [1.82, 2.24) is 5.32 Å². The summed E-state index contributed by atoms with van der Waals surface area (Å²) in [6.07, 6.45) is 1.92. The number of hydrogen-bond acceptors (Lipinski definition) is 2. The highest BCUT2D eigenvalue weighted by atomic mass is 19.1. The number of furan rings is 1. The maximum absolute atomic E-state index is 13.0. The highest BCUT2D eigenvalue weighted by Gasteiger charge is 2.17. The Hall–Kier alpha value is -1.61. The third-order valence-electron chi connectivity index (χ3n) is 3.12. The predicted octanol–water partition coefficient (Wildman–Crippen LogP) is 4.07. The van der Waals surface area contributed by atoms with Crippen LogP contribution in [0.2, 0.25) is 0 Å². The van der Waals surface area contributed by atoms with Crippen molar-refractivity contribution in [1.29, 1.82) is 0 Å². The molecule has 1 atom stereocenters. The molecule has 1 aromatic carbocycles. The van der Waals surface area contributed by atoms with Gasteiger partial charge in [-0.25, -0.2) is 4.39 Å². The second kappa shape index (κ2) is 6.53. The fraction of sp³-hybridized carbons (Fsp3) is 0.375. The monoisotopic (exact) mass is 261 g/mol. The van der Waals surface area contributed by atoms with Crippen LogP contribution in [0, 0.1) is 5.82 Å². The van der Waals surface area contributed by atoms with E-state index in [4.69, 9.17) is 4.42 Å². The Morgan fingerprint density at radius 3 is 2.42 bits per heavy atom. The van der Waals surface area contributed by atoms with Crippen molar-refractivity contribution in [2.45, 2.75) is 32.7 Å². The Labute approximate surface area is 113 Å². The van der Waals surface area contributed by atoms with Gasteiger partial charge in [-0.3, -0.25) is 0 Å². The maximum Gasteiger partial charge on any atom is 0.125 e. The fourth-order valence-electron chi connectivity index (χ4n) is 2.07. The van der Waals surface area contributed by atoms with Gasteiger partial charge < -0.3 is 9.73 Å². The van der Waals surface area contributed by atoms with Crippen molar-refractivity contribution in [3.8, 4) is 0 Å². The highest BCUT2D eigenvalue weighted by molar-refractivity contribution is 5.27. The van der Waals surface area contributed by atoms with E-state index in [-0.39, 0.29) is 11.9 Å². The minimum atomic E-state index is -0.216. The molecule has 1 aromatic heterocycles. The van der Waals surface area contributed by atoms with Gasteiger partial charge in [-0.05, 0) is 42.8 Å². The summed E-state index contributed by atoms with van der Waals surface area (Å²) in [6, 6.07) is 10.6. The second-order valence-electron chi connectivity index (χ2n) is 4.60. The summed E-state index contributed by atoms with van der Waals surface area (Å²) < 4.78 is 18.8. The molecule has 0 radical (unpaired) electrons. The lowest BCUT2D eigenvalue weighted by Crippen LogP contribution is -2.22. The summed E-state index contributed by atoms with van der Waals surface area (Å²) in [4.78, 5) is 0. The lowest BCUT2D eigenvalue weighted by atomic mass is 10.0. The molecule has 2 rings (SSSR count). The first-order valence-corrected chi connectivity index (χ1v) is 6.82. The molecule has 0 saturated carbocycles. The van der Waals surface area contributed by atoms with Crippen molar-refractivity contribution >= 4 is 0 Å². The van der Waals surface area contributed by atoms with Crippen LogP contribution in [0.4, 0.5) is 4.39 Å². The lowest BCUT2D eigenvalue weighted by Gasteiger charge is -2.16. The molecule has 2 aromatic rings. The number of rotatable bonds is 6. The van der Waals surface area contributed by atoms with Crippen LogP contribution in [0.15, 0.2) is 40.8 Å². The molecule has 3 heteroatoms. The molecular weight excluding hydrogens is 241 g/mol. The second-order valence-corrected chi connectivity index (χ2v) is 4.60. The first-order valence-electron chi connectivity index (χ1n) is 6.82. The number of hydrogen-bond donors (Lipinski definition) is 1. The van der Waals surface area contributed by atoms with Gasteiger partial charge in [0.15, 0.2) is 0 Å². The van der Waals surface area contributed by atoms with Crippen LogP contribution >= 0.6 is 0 Å². The van der Waals surface area contributed by atoms with Gasteiger partial charge >= 0.3 is 0 Å². The summed E-state index contributed by atoms with van der Waals surface area (Å²) in [5.41, 5.74) is 1.02. The fourth-order valence-corrected chi connectivity index (χ4v) is 2.07. The quantitative estimate of drug-likeness (QED) is 0.848. The van der Waals surface area contributed by atoms with E-state index < -0.39 is 0 Å². The van der Waals surface area contributed by atoms with Crippen molar-refractivity contribution in [2.75, 3.05) is 6.54 Å². The minimum absolute atomic E-state index is 0.0131. The van der Waals surface area contributed by atoms with Gasteiger partial charge in [-0.1, -0.05) is 26.0 Å². The molecule has 102 valence electrons. The molecule has 1 N–H and O–H groups in total. The zero-order valence-electron chi connectivity index (χ0n) is 11.4. The van der Waals surface area contributed by atoms with Crippen LogP contribution in [0.5, 0.6) is 0 Å². The zero-order valence-corrected chi connectivity index (χ0v) is 11.4. The third kappa shape index (κ3) is 3.44.